The summed E-state index contributed by atoms with van der Waals surface area (Å²) < 4.78 is 26.0. The molecule has 0 bridgehead atoms. The molecular weight excluding hydrogens is 240 g/mol. The maximum Gasteiger partial charge on any atom is 0.213 e. The average Bonchev–Trinajstić information content (AvgIpc) is 2.77. The summed E-state index contributed by atoms with van der Waals surface area (Å²) in [5, 5.41) is 3.06. The van der Waals surface area contributed by atoms with E-state index in [1.165, 1.54) is 0 Å². The van der Waals surface area contributed by atoms with Gasteiger partial charge in [-0.2, -0.15) is 0 Å². The minimum atomic E-state index is -3.26. The molecule has 6 nitrogen and oxygen atoms in total. The molecule has 98 valence electrons. The molecule has 0 saturated heterocycles. The van der Waals surface area contributed by atoms with Crippen LogP contribution in [0.4, 0.5) is 0 Å². The number of hydrogen-bond acceptors (Lipinski definition) is 4. The van der Waals surface area contributed by atoms with Crippen LogP contribution in [0.1, 0.15) is 32.1 Å². The summed E-state index contributed by atoms with van der Waals surface area (Å²) in [6.45, 7) is 5.10. The van der Waals surface area contributed by atoms with Gasteiger partial charge in [0.25, 0.3) is 0 Å². The Morgan fingerprint density at radius 2 is 2.24 bits per heavy atom. The predicted molar refractivity (Wildman–Crippen MR) is 67.1 cm³/mol. The number of nitrogens with one attached hydrogen (secondary N) is 3. The second-order valence-corrected chi connectivity index (χ2v) is 5.76. The number of H-pyrrole nitrogens is 1. The molecule has 0 aliphatic rings. The van der Waals surface area contributed by atoms with Crippen molar-refractivity contribution < 1.29 is 8.42 Å². The molecule has 7 heteroatoms. The van der Waals surface area contributed by atoms with Crippen LogP contribution in [0.25, 0.3) is 0 Å². The third-order valence-electron chi connectivity index (χ3n) is 2.26. The Hall–Kier alpha value is -0.920. The van der Waals surface area contributed by atoms with E-state index in [-0.39, 0.29) is 11.8 Å². The van der Waals surface area contributed by atoms with Crippen molar-refractivity contribution in [3.63, 3.8) is 0 Å². The van der Waals surface area contributed by atoms with Gasteiger partial charge < -0.3 is 10.3 Å². The van der Waals surface area contributed by atoms with Crippen LogP contribution in [-0.4, -0.2) is 37.2 Å². The van der Waals surface area contributed by atoms with E-state index in [1.54, 1.807) is 19.3 Å². The van der Waals surface area contributed by atoms with E-state index >= 15 is 0 Å². The number of nitrogens with zero attached hydrogens (tertiary/aromatic N) is 1. The van der Waals surface area contributed by atoms with Crippen LogP contribution in [0.15, 0.2) is 12.4 Å². The Morgan fingerprint density at radius 3 is 2.82 bits per heavy atom. The summed E-state index contributed by atoms with van der Waals surface area (Å²) in [7, 11) is -3.26. The highest BCUT2D eigenvalue weighted by Gasteiger charge is 2.16. The van der Waals surface area contributed by atoms with E-state index in [4.69, 9.17) is 0 Å². The van der Waals surface area contributed by atoms with Crippen molar-refractivity contribution in [3.05, 3.63) is 18.2 Å². The minimum absolute atomic E-state index is 0.0814. The standard InChI is InChI=1S/C10H20N4O2S/c1-3-4-11-7-8-17(15,16)14-9(2)10-12-5-6-13-10/h5-6,9,11,14H,3-4,7-8H2,1-2H3,(H,12,13). The molecule has 1 aromatic heterocycles. The summed E-state index contributed by atoms with van der Waals surface area (Å²) in [6.07, 6.45) is 4.27. The maximum absolute atomic E-state index is 11.7. The summed E-state index contributed by atoms with van der Waals surface area (Å²) in [4.78, 5) is 6.89. The lowest BCUT2D eigenvalue weighted by molar-refractivity contribution is 0.557. The summed E-state index contributed by atoms with van der Waals surface area (Å²) in [6, 6.07) is -0.332. The highest BCUT2D eigenvalue weighted by molar-refractivity contribution is 7.89. The van der Waals surface area contributed by atoms with E-state index in [9.17, 15) is 8.42 Å². The van der Waals surface area contributed by atoms with Crippen LogP contribution in [0.3, 0.4) is 0 Å². The van der Waals surface area contributed by atoms with Crippen molar-refractivity contribution in [3.8, 4) is 0 Å². The highest BCUT2D eigenvalue weighted by atomic mass is 32.2. The van der Waals surface area contributed by atoms with Gasteiger partial charge in [0.15, 0.2) is 0 Å². The first-order chi connectivity index (χ1) is 8.05. The van der Waals surface area contributed by atoms with Gasteiger partial charge in [0.2, 0.25) is 10.0 Å². The van der Waals surface area contributed by atoms with Gasteiger partial charge in [0, 0.05) is 18.9 Å². The van der Waals surface area contributed by atoms with Crippen LogP contribution in [0, 0.1) is 0 Å². The molecule has 0 saturated carbocycles. The average molecular weight is 260 g/mol. The quantitative estimate of drug-likeness (QED) is 0.590. The van der Waals surface area contributed by atoms with Crippen LogP contribution in [-0.2, 0) is 10.0 Å². The summed E-state index contributed by atoms with van der Waals surface area (Å²) in [5.41, 5.74) is 0. The molecular formula is C10H20N4O2S. The van der Waals surface area contributed by atoms with Crippen molar-refractivity contribution >= 4 is 10.0 Å². The van der Waals surface area contributed by atoms with Gasteiger partial charge in [-0.3, -0.25) is 0 Å². The molecule has 17 heavy (non-hydrogen) atoms. The first-order valence-electron chi connectivity index (χ1n) is 5.75. The van der Waals surface area contributed by atoms with Crippen molar-refractivity contribution in [2.75, 3.05) is 18.8 Å². The van der Waals surface area contributed by atoms with Crippen LogP contribution in [0.5, 0.6) is 0 Å². The summed E-state index contributed by atoms with van der Waals surface area (Å²) >= 11 is 0. The zero-order chi connectivity index (χ0) is 12.7. The molecule has 0 fully saturated rings. The van der Waals surface area contributed by atoms with Crippen LogP contribution < -0.4 is 10.0 Å². The lowest BCUT2D eigenvalue weighted by Crippen LogP contribution is -2.34. The van der Waals surface area contributed by atoms with Gasteiger partial charge >= 0.3 is 0 Å². The zero-order valence-electron chi connectivity index (χ0n) is 10.2. The largest absolute Gasteiger partial charge is 0.347 e. The van der Waals surface area contributed by atoms with Gasteiger partial charge in [-0.15, -0.1) is 0 Å². The zero-order valence-corrected chi connectivity index (χ0v) is 11.0. The molecule has 3 N–H and O–H groups in total. The lowest BCUT2D eigenvalue weighted by Gasteiger charge is -2.12. The molecule has 1 aromatic rings. The summed E-state index contributed by atoms with van der Waals surface area (Å²) in [5.74, 6) is 0.702. The second kappa shape index (κ2) is 6.73. The molecule has 0 aromatic carbocycles. The normalized spacial score (nSPS) is 13.8. The lowest BCUT2D eigenvalue weighted by atomic mass is 10.3. The minimum Gasteiger partial charge on any atom is -0.347 e. The molecule has 0 radical (unpaired) electrons. The fraction of sp³-hybridized carbons (Fsp3) is 0.700. The van der Waals surface area contributed by atoms with Crippen molar-refractivity contribution in [1.29, 1.82) is 0 Å². The third kappa shape index (κ3) is 5.29. The Labute approximate surface area is 102 Å². The Balaban J connectivity index is 2.38. The third-order valence-corrected chi connectivity index (χ3v) is 3.71. The molecule has 1 heterocycles. The van der Waals surface area contributed by atoms with E-state index in [0.717, 1.165) is 13.0 Å². The molecule has 1 rings (SSSR count). The van der Waals surface area contributed by atoms with Crippen molar-refractivity contribution in [1.82, 2.24) is 20.0 Å². The molecule has 0 spiro atoms. The number of aromatic nitrogens is 2. The number of hydrogen-bond donors (Lipinski definition) is 3. The van der Waals surface area contributed by atoms with Gasteiger partial charge in [-0.1, -0.05) is 6.92 Å². The number of rotatable bonds is 8. The molecule has 0 aliphatic heterocycles. The van der Waals surface area contributed by atoms with Gasteiger partial charge in [0.05, 0.1) is 11.8 Å². The van der Waals surface area contributed by atoms with Gasteiger partial charge in [0.1, 0.15) is 5.82 Å². The number of aromatic amines is 1. The molecule has 0 aliphatic carbocycles. The van der Waals surface area contributed by atoms with Crippen LogP contribution in [0.2, 0.25) is 0 Å². The first kappa shape index (κ1) is 14.1. The van der Waals surface area contributed by atoms with E-state index in [1.807, 2.05) is 6.92 Å². The fourth-order valence-corrected chi connectivity index (χ4v) is 2.59. The fourth-order valence-electron chi connectivity index (χ4n) is 1.41. The van der Waals surface area contributed by atoms with Crippen LogP contribution >= 0.6 is 0 Å². The Bertz CT molecular complexity index is 402. The van der Waals surface area contributed by atoms with Gasteiger partial charge in [-0.25, -0.2) is 18.1 Å². The second-order valence-electron chi connectivity index (χ2n) is 3.88. The molecule has 1 unspecified atom stereocenters. The smallest absolute Gasteiger partial charge is 0.213 e. The van der Waals surface area contributed by atoms with E-state index < -0.39 is 10.0 Å². The first-order valence-corrected chi connectivity index (χ1v) is 7.40. The van der Waals surface area contributed by atoms with E-state index in [2.05, 4.69) is 20.0 Å². The van der Waals surface area contributed by atoms with Crippen molar-refractivity contribution in [2.24, 2.45) is 0 Å². The molecule has 0 amide bonds. The number of imidazole rings is 1. The predicted octanol–water partition coefficient (Wildman–Crippen LogP) is 0.390. The highest BCUT2D eigenvalue weighted by Crippen LogP contribution is 2.06. The molecule has 1 atom stereocenters. The number of sulfonamides is 1. The SMILES string of the molecule is CCCNCCS(=O)(=O)NC(C)c1ncc[nH]1. The monoisotopic (exact) mass is 260 g/mol. The topological polar surface area (TPSA) is 86.9 Å². The Kier molecular flexibility index (Phi) is 5.60. The maximum atomic E-state index is 11.7. The Morgan fingerprint density at radius 1 is 1.47 bits per heavy atom. The van der Waals surface area contributed by atoms with Gasteiger partial charge in [-0.05, 0) is 19.9 Å². The van der Waals surface area contributed by atoms with Crippen molar-refractivity contribution in [2.45, 2.75) is 26.3 Å². The van der Waals surface area contributed by atoms with E-state index in [0.29, 0.717) is 12.4 Å².